The van der Waals surface area contributed by atoms with Crippen molar-refractivity contribution in [2.75, 3.05) is 46.3 Å². The molecule has 8 heteroatoms. The van der Waals surface area contributed by atoms with Crippen LogP contribution in [-0.2, 0) is 28.5 Å². The maximum Gasteiger partial charge on any atom is 0.267 e. The summed E-state index contributed by atoms with van der Waals surface area (Å²) in [7, 11) is -0.0787. The Hall–Kier alpha value is -0.250. The van der Waals surface area contributed by atoms with Crippen molar-refractivity contribution in [3.05, 3.63) is 0 Å². The third-order valence-corrected chi connectivity index (χ3v) is 7.27. The summed E-state index contributed by atoms with van der Waals surface area (Å²) in [5.74, 6) is -0.584. The van der Waals surface area contributed by atoms with Gasteiger partial charge in [-0.05, 0) is 41.2 Å². The highest BCUT2D eigenvalue weighted by Crippen LogP contribution is 2.47. The third-order valence-electron chi connectivity index (χ3n) is 5.97. The average Bonchev–Trinajstić information content (AvgIpc) is 2.55. The monoisotopic (exact) mass is 407 g/mol. The number of rotatable bonds is 7. The first kappa shape index (κ1) is 23.0. The van der Waals surface area contributed by atoms with Gasteiger partial charge in [0.1, 0.15) is 0 Å². The van der Waals surface area contributed by atoms with E-state index in [-0.39, 0.29) is 22.2 Å². The Labute approximate surface area is 164 Å². The van der Waals surface area contributed by atoms with Crippen molar-refractivity contribution in [3.8, 4) is 0 Å². The van der Waals surface area contributed by atoms with Crippen molar-refractivity contribution in [2.45, 2.75) is 70.7 Å². The van der Waals surface area contributed by atoms with E-state index in [1.165, 1.54) is 7.11 Å². The van der Waals surface area contributed by atoms with Gasteiger partial charge in [0.25, 0.3) is 10.1 Å². The van der Waals surface area contributed by atoms with E-state index in [0.717, 1.165) is 12.8 Å². The van der Waals surface area contributed by atoms with Crippen molar-refractivity contribution in [1.29, 1.82) is 0 Å². The SMILES string of the molecule is COS(=O)(=O)CCCOCC1(C)COC2(CC(C)(C)N(C)C(C)(C)C2)OC1. The Kier molecular flexibility index (Phi) is 6.72. The molecule has 2 saturated heterocycles. The van der Waals surface area contributed by atoms with Crippen LogP contribution in [0.2, 0.25) is 0 Å². The summed E-state index contributed by atoms with van der Waals surface area (Å²) in [6.07, 6.45) is 2.06. The molecule has 0 radical (unpaired) electrons. The summed E-state index contributed by atoms with van der Waals surface area (Å²) in [6, 6.07) is 0. The van der Waals surface area contributed by atoms with E-state index in [1.54, 1.807) is 0 Å². The Morgan fingerprint density at radius 3 is 2.00 bits per heavy atom. The van der Waals surface area contributed by atoms with Crippen LogP contribution in [0.3, 0.4) is 0 Å². The fourth-order valence-electron chi connectivity index (χ4n) is 4.16. The molecule has 0 N–H and O–H groups in total. The van der Waals surface area contributed by atoms with Gasteiger partial charge in [-0.1, -0.05) is 6.92 Å². The van der Waals surface area contributed by atoms with Crippen LogP contribution < -0.4 is 0 Å². The summed E-state index contributed by atoms with van der Waals surface area (Å²) in [6.45, 7) is 13.0. The van der Waals surface area contributed by atoms with Crippen LogP contribution in [0.5, 0.6) is 0 Å². The molecule has 2 aliphatic heterocycles. The van der Waals surface area contributed by atoms with E-state index in [1.807, 2.05) is 0 Å². The molecule has 0 aromatic rings. The van der Waals surface area contributed by atoms with Gasteiger partial charge in [-0.3, -0.25) is 9.08 Å². The smallest absolute Gasteiger partial charge is 0.267 e. The number of nitrogens with zero attached hydrogens (tertiary/aromatic N) is 1. The fourth-order valence-corrected chi connectivity index (χ4v) is 4.80. The van der Waals surface area contributed by atoms with Crippen molar-refractivity contribution in [3.63, 3.8) is 0 Å². The third kappa shape index (κ3) is 5.64. The van der Waals surface area contributed by atoms with Crippen molar-refractivity contribution in [1.82, 2.24) is 4.90 Å². The van der Waals surface area contributed by atoms with Gasteiger partial charge in [-0.25, -0.2) is 0 Å². The Bertz CT molecular complexity index is 588. The van der Waals surface area contributed by atoms with Crippen LogP contribution in [0, 0.1) is 5.41 Å². The maximum absolute atomic E-state index is 11.3. The molecule has 0 aromatic carbocycles. The lowest BCUT2D eigenvalue weighted by molar-refractivity contribution is -0.342. The molecular formula is C19H37NO6S. The van der Waals surface area contributed by atoms with Crippen molar-refractivity contribution in [2.24, 2.45) is 5.41 Å². The minimum atomic E-state index is -3.42. The molecule has 2 aliphatic rings. The van der Waals surface area contributed by atoms with E-state index in [0.29, 0.717) is 32.8 Å². The summed E-state index contributed by atoms with van der Waals surface area (Å²) in [4.78, 5) is 2.41. The Morgan fingerprint density at radius 1 is 1.00 bits per heavy atom. The highest BCUT2D eigenvalue weighted by atomic mass is 32.2. The minimum Gasteiger partial charge on any atom is -0.381 e. The topological polar surface area (TPSA) is 74.3 Å². The molecule has 1 spiro atoms. The van der Waals surface area contributed by atoms with Gasteiger partial charge in [0.15, 0.2) is 5.79 Å². The van der Waals surface area contributed by atoms with Crippen LogP contribution in [0.4, 0.5) is 0 Å². The second-order valence-corrected chi connectivity index (χ2v) is 11.5. The van der Waals surface area contributed by atoms with Gasteiger partial charge < -0.3 is 14.2 Å². The van der Waals surface area contributed by atoms with Crippen LogP contribution in [0.25, 0.3) is 0 Å². The molecule has 0 bridgehead atoms. The van der Waals surface area contributed by atoms with Gasteiger partial charge in [0.05, 0.1) is 32.7 Å². The lowest BCUT2D eigenvalue weighted by atomic mass is 9.75. The standard InChI is InChI=1S/C19H37NO6S/c1-16(2)11-19(12-17(3,4)20(16)6)25-14-18(5,15-26-19)13-24-9-8-10-27(21,22)23-7/h8-15H2,1-7H3. The minimum absolute atomic E-state index is 0.0150. The maximum atomic E-state index is 11.3. The first-order valence-corrected chi connectivity index (χ1v) is 11.2. The largest absolute Gasteiger partial charge is 0.381 e. The molecule has 0 aromatic heterocycles. The van der Waals surface area contributed by atoms with Gasteiger partial charge in [0.2, 0.25) is 0 Å². The van der Waals surface area contributed by atoms with E-state index in [4.69, 9.17) is 14.2 Å². The zero-order chi connectivity index (χ0) is 20.6. The van der Waals surface area contributed by atoms with E-state index in [2.05, 4.69) is 50.7 Å². The zero-order valence-electron chi connectivity index (χ0n) is 18.0. The zero-order valence-corrected chi connectivity index (χ0v) is 18.8. The molecule has 160 valence electrons. The first-order chi connectivity index (χ1) is 12.3. The molecule has 2 heterocycles. The van der Waals surface area contributed by atoms with Crippen LogP contribution in [0.15, 0.2) is 0 Å². The fraction of sp³-hybridized carbons (Fsp3) is 1.00. The number of piperidine rings is 1. The van der Waals surface area contributed by atoms with Crippen molar-refractivity contribution >= 4 is 10.1 Å². The van der Waals surface area contributed by atoms with Gasteiger partial charge >= 0.3 is 0 Å². The van der Waals surface area contributed by atoms with Crippen LogP contribution in [0.1, 0.15) is 53.9 Å². The summed E-state index contributed by atoms with van der Waals surface area (Å²) in [5, 5.41) is 0. The summed E-state index contributed by atoms with van der Waals surface area (Å²) >= 11 is 0. The lowest BCUT2D eigenvalue weighted by Crippen LogP contribution is -2.67. The summed E-state index contributed by atoms with van der Waals surface area (Å²) in [5.41, 5.74) is -0.263. The number of hydrogen-bond acceptors (Lipinski definition) is 7. The highest BCUT2D eigenvalue weighted by molar-refractivity contribution is 7.86. The normalized spacial score (nSPS) is 26.9. The van der Waals surface area contributed by atoms with Crippen LogP contribution in [-0.4, -0.2) is 76.5 Å². The molecule has 0 unspecified atom stereocenters. The van der Waals surface area contributed by atoms with Gasteiger partial charge in [-0.15, -0.1) is 0 Å². The second kappa shape index (κ2) is 7.88. The Balaban J connectivity index is 1.85. The Morgan fingerprint density at radius 2 is 1.52 bits per heavy atom. The van der Waals surface area contributed by atoms with Crippen molar-refractivity contribution < 1.29 is 26.8 Å². The number of ether oxygens (including phenoxy) is 3. The molecule has 2 rings (SSSR count). The molecule has 27 heavy (non-hydrogen) atoms. The van der Waals surface area contributed by atoms with E-state index >= 15 is 0 Å². The van der Waals surface area contributed by atoms with Gasteiger partial charge in [0, 0.05) is 35.9 Å². The molecule has 0 atom stereocenters. The number of hydrogen-bond donors (Lipinski definition) is 0. The first-order valence-electron chi connectivity index (χ1n) is 9.63. The quantitative estimate of drug-likeness (QED) is 0.474. The highest BCUT2D eigenvalue weighted by Gasteiger charge is 2.55. The van der Waals surface area contributed by atoms with Crippen LogP contribution >= 0.6 is 0 Å². The molecule has 0 amide bonds. The molecule has 2 fully saturated rings. The molecular weight excluding hydrogens is 370 g/mol. The molecule has 0 aliphatic carbocycles. The van der Waals surface area contributed by atoms with E-state index in [9.17, 15) is 8.42 Å². The molecule has 7 nitrogen and oxygen atoms in total. The molecule has 0 saturated carbocycles. The lowest BCUT2D eigenvalue weighted by Gasteiger charge is -2.59. The predicted molar refractivity (Wildman–Crippen MR) is 104 cm³/mol. The summed E-state index contributed by atoms with van der Waals surface area (Å²) < 4.78 is 45.4. The second-order valence-electron chi connectivity index (χ2n) is 9.67. The predicted octanol–water partition coefficient (Wildman–Crippen LogP) is 2.40. The number of likely N-dealkylation sites (tertiary alicyclic amines) is 1. The van der Waals surface area contributed by atoms with Gasteiger partial charge in [-0.2, -0.15) is 8.42 Å². The van der Waals surface area contributed by atoms with E-state index < -0.39 is 15.9 Å². The average molecular weight is 408 g/mol.